The van der Waals surface area contributed by atoms with E-state index in [1.54, 1.807) is 0 Å². The molecule has 0 atom stereocenters. The molecule has 1 aromatic rings. The smallest absolute Gasteiger partial charge is 0.329 e. The highest BCUT2D eigenvalue weighted by Crippen LogP contribution is 2.15. The number of ether oxygens (including phenoxy) is 1. The zero-order chi connectivity index (χ0) is 13.6. The van der Waals surface area contributed by atoms with Gasteiger partial charge >= 0.3 is 5.97 Å². The Bertz CT molecular complexity index is 573. The molecule has 7 heteroatoms. The van der Waals surface area contributed by atoms with E-state index in [9.17, 15) is 17.6 Å². The second-order valence-corrected chi connectivity index (χ2v) is 4.71. The van der Waals surface area contributed by atoms with Crippen molar-refractivity contribution in [3.05, 3.63) is 30.1 Å². The van der Waals surface area contributed by atoms with Gasteiger partial charge in [0.2, 0.25) is 0 Å². The molecule has 0 saturated heterocycles. The second-order valence-electron chi connectivity index (χ2n) is 3.07. The number of hydrogen-bond acceptors (Lipinski definition) is 5. The van der Waals surface area contributed by atoms with Crippen molar-refractivity contribution in [2.24, 2.45) is 0 Å². The van der Waals surface area contributed by atoms with Crippen molar-refractivity contribution in [1.29, 1.82) is 0 Å². The summed E-state index contributed by atoms with van der Waals surface area (Å²) in [4.78, 5) is 11.2. The summed E-state index contributed by atoms with van der Waals surface area (Å²) < 4.78 is 44.2. The monoisotopic (exact) mass is 272 g/mol. The standard InChI is InChI=1S/C11H9FO5S/c1-2-7-16-18(14,15)8-11(13)17-10-6-4-3-5-9(10)12/h1,3-6H,7-8H2. The number of hydrogen-bond donors (Lipinski definition) is 0. The van der Waals surface area contributed by atoms with Crippen LogP contribution in [0.1, 0.15) is 0 Å². The van der Waals surface area contributed by atoms with Gasteiger partial charge in [0, 0.05) is 0 Å². The SMILES string of the molecule is C#CCOS(=O)(=O)CC(=O)Oc1ccccc1F. The molecular formula is C11H9FO5S. The number of terminal acetylenes is 1. The maximum absolute atomic E-state index is 13.1. The van der Waals surface area contributed by atoms with E-state index in [-0.39, 0.29) is 5.75 Å². The van der Waals surface area contributed by atoms with Gasteiger partial charge in [0.1, 0.15) is 6.61 Å². The van der Waals surface area contributed by atoms with E-state index in [0.29, 0.717) is 0 Å². The Balaban J connectivity index is 2.63. The van der Waals surface area contributed by atoms with Gasteiger partial charge in [0.25, 0.3) is 10.1 Å². The van der Waals surface area contributed by atoms with Gasteiger partial charge in [-0.1, -0.05) is 18.1 Å². The Morgan fingerprint density at radius 3 is 2.67 bits per heavy atom. The zero-order valence-corrected chi connectivity index (χ0v) is 9.94. The molecule has 0 unspecified atom stereocenters. The third kappa shape index (κ3) is 4.53. The first-order chi connectivity index (χ1) is 8.44. The van der Waals surface area contributed by atoms with Gasteiger partial charge in [-0.25, -0.2) is 4.39 Å². The third-order valence-corrected chi connectivity index (χ3v) is 2.74. The molecule has 0 saturated carbocycles. The van der Waals surface area contributed by atoms with Crippen molar-refractivity contribution >= 4 is 16.1 Å². The first-order valence-electron chi connectivity index (χ1n) is 4.70. The highest BCUT2D eigenvalue weighted by molar-refractivity contribution is 7.87. The first-order valence-corrected chi connectivity index (χ1v) is 6.28. The molecular weight excluding hydrogens is 263 g/mol. The Kier molecular flexibility index (Phi) is 4.83. The number of halogens is 1. The van der Waals surface area contributed by atoms with Crippen LogP contribution in [-0.2, 0) is 19.1 Å². The molecule has 0 aliphatic heterocycles. The minimum Gasteiger partial charge on any atom is -0.423 e. The number of benzene rings is 1. The second kappa shape index (κ2) is 6.14. The fourth-order valence-electron chi connectivity index (χ4n) is 0.989. The number of para-hydroxylation sites is 1. The summed E-state index contributed by atoms with van der Waals surface area (Å²) in [5.41, 5.74) is 0. The fraction of sp³-hybridized carbons (Fsp3) is 0.182. The van der Waals surface area contributed by atoms with Crippen LogP contribution >= 0.6 is 0 Å². The molecule has 18 heavy (non-hydrogen) atoms. The maximum Gasteiger partial charge on any atom is 0.329 e. The van der Waals surface area contributed by atoms with Crippen LogP contribution < -0.4 is 4.74 Å². The molecule has 0 aliphatic carbocycles. The van der Waals surface area contributed by atoms with Gasteiger partial charge in [-0.15, -0.1) is 6.42 Å². The van der Waals surface area contributed by atoms with Crippen LogP contribution in [0.5, 0.6) is 5.75 Å². The van der Waals surface area contributed by atoms with Crippen molar-refractivity contribution in [3.8, 4) is 18.1 Å². The molecule has 1 rings (SSSR count). The fourth-order valence-corrected chi connectivity index (χ4v) is 1.67. The highest BCUT2D eigenvalue weighted by atomic mass is 32.2. The van der Waals surface area contributed by atoms with Gasteiger partial charge in [0.15, 0.2) is 17.3 Å². The lowest BCUT2D eigenvalue weighted by Gasteiger charge is -2.05. The molecule has 0 bridgehead atoms. The molecule has 1 aromatic carbocycles. The van der Waals surface area contributed by atoms with E-state index in [1.807, 2.05) is 5.92 Å². The molecule has 0 heterocycles. The topological polar surface area (TPSA) is 69.7 Å². The Labute approximate surface area is 104 Å². The van der Waals surface area contributed by atoms with Gasteiger partial charge in [-0.3, -0.25) is 8.98 Å². The Morgan fingerprint density at radius 2 is 2.06 bits per heavy atom. The maximum atomic E-state index is 13.1. The van der Waals surface area contributed by atoms with Crippen LogP contribution in [0, 0.1) is 18.2 Å². The Morgan fingerprint density at radius 1 is 1.39 bits per heavy atom. The van der Waals surface area contributed by atoms with E-state index in [1.165, 1.54) is 18.2 Å². The Hall–Kier alpha value is -1.91. The van der Waals surface area contributed by atoms with Gasteiger partial charge in [0.05, 0.1) is 0 Å². The molecule has 0 aromatic heterocycles. The molecule has 96 valence electrons. The predicted molar refractivity (Wildman–Crippen MR) is 60.6 cm³/mol. The van der Waals surface area contributed by atoms with E-state index in [4.69, 9.17) is 6.42 Å². The summed E-state index contributed by atoms with van der Waals surface area (Å²) in [5.74, 6) is -1.37. The minimum atomic E-state index is -4.12. The number of carbonyl (C=O) groups is 1. The van der Waals surface area contributed by atoms with Crippen LogP contribution in [-0.4, -0.2) is 26.7 Å². The van der Waals surface area contributed by atoms with Crippen molar-refractivity contribution in [2.75, 3.05) is 12.4 Å². The van der Waals surface area contributed by atoms with Gasteiger partial charge in [-0.2, -0.15) is 8.42 Å². The number of esters is 1. The van der Waals surface area contributed by atoms with E-state index in [2.05, 4.69) is 8.92 Å². The molecule has 0 aliphatic rings. The van der Waals surface area contributed by atoms with Crippen molar-refractivity contribution in [2.45, 2.75) is 0 Å². The average molecular weight is 272 g/mol. The van der Waals surface area contributed by atoms with Crippen LogP contribution in [0.3, 0.4) is 0 Å². The third-order valence-electron chi connectivity index (χ3n) is 1.68. The first kappa shape index (κ1) is 14.2. The summed E-state index contributed by atoms with van der Waals surface area (Å²) in [5, 5.41) is 0. The normalized spacial score (nSPS) is 10.7. The van der Waals surface area contributed by atoms with E-state index >= 15 is 0 Å². The lowest BCUT2D eigenvalue weighted by atomic mass is 10.3. The van der Waals surface area contributed by atoms with Crippen LogP contribution in [0.25, 0.3) is 0 Å². The summed E-state index contributed by atoms with van der Waals surface area (Å²) in [6.45, 7) is -0.477. The van der Waals surface area contributed by atoms with Crippen molar-refractivity contribution in [3.63, 3.8) is 0 Å². The molecule has 0 spiro atoms. The van der Waals surface area contributed by atoms with Gasteiger partial charge in [-0.05, 0) is 12.1 Å². The number of rotatable bonds is 5. The lowest BCUT2D eigenvalue weighted by Crippen LogP contribution is -2.23. The lowest BCUT2D eigenvalue weighted by molar-refractivity contribution is -0.131. The van der Waals surface area contributed by atoms with Crippen LogP contribution in [0.2, 0.25) is 0 Å². The van der Waals surface area contributed by atoms with Crippen LogP contribution in [0.4, 0.5) is 4.39 Å². The highest BCUT2D eigenvalue weighted by Gasteiger charge is 2.19. The van der Waals surface area contributed by atoms with Gasteiger partial charge < -0.3 is 4.74 Å². The summed E-state index contributed by atoms with van der Waals surface area (Å²) in [7, 11) is -4.12. The summed E-state index contributed by atoms with van der Waals surface area (Å²) >= 11 is 0. The number of carbonyl (C=O) groups excluding carboxylic acids is 1. The largest absolute Gasteiger partial charge is 0.423 e. The minimum absolute atomic E-state index is 0.352. The summed E-state index contributed by atoms with van der Waals surface area (Å²) in [6.07, 6.45) is 4.80. The molecule has 5 nitrogen and oxygen atoms in total. The van der Waals surface area contributed by atoms with Crippen molar-refractivity contribution in [1.82, 2.24) is 0 Å². The quantitative estimate of drug-likeness (QED) is 0.342. The summed E-state index contributed by atoms with van der Waals surface area (Å²) in [6, 6.07) is 5.11. The van der Waals surface area contributed by atoms with E-state index < -0.39 is 34.3 Å². The molecule has 0 fully saturated rings. The molecule has 0 amide bonds. The predicted octanol–water partition coefficient (Wildman–Crippen LogP) is 0.711. The molecule has 0 radical (unpaired) electrons. The van der Waals surface area contributed by atoms with Crippen LogP contribution in [0.15, 0.2) is 24.3 Å². The zero-order valence-electron chi connectivity index (χ0n) is 9.13. The van der Waals surface area contributed by atoms with Crippen molar-refractivity contribution < 1.29 is 26.5 Å². The van der Waals surface area contributed by atoms with E-state index in [0.717, 1.165) is 6.07 Å². The molecule has 0 N–H and O–H groups in total. The average Bonchev–Trinajstić information content (AvgIpc) is 2.29.